The van der Waals surface area contributed by atoms with Gasteiger partial charge in [-0.2, -0.15) is 0 Å². The fourth-order valence-corrected chi connectivity index (χ4v) is 2.41. The van der Waals surface area contributed by atoms with Crippen LogP contribution in [0, 0.1) is 12.7 Å². The van der Waals surface area contributed by atoms with Crippen LogP contribution in [0.2, 0.25) is 0 Å². The standard InChI is InChI=1S/C14H11FN2O2/c1-8-3-2-4-10-12(8)14(19,13(18)17-10)11-6-5-9(15)7-16-11/h2-7,19H,1H3,(H,17,18). The van der Waals surface area contributed by atoms with Crippen LogP contribution >= 0.6 is 0 Å². The minimum atomic E-state index is -1.87. The summed E-state index contributed by atoms with van der Waals surface area (Å²) in [4.78, 5) is 15.9. The van der Waals surface area contributed by atoms with Gasteiger partial charge >= 0.3 is 0 Å². The van der Waals surface area contributed by atoms with Crippen LogP contribution in [0.4, 0.5) is 10.1 Å². The summed E-state index contributed by atoms with van der Waals surface area (Å²) in [7, 11) is 0. The van der Waals surface area contributed by atoms with Crippen LogP contribution in [0.1, 0.15) is 16.8 Å². The first-order valence-electron chi connectivity index (χ1n) is 5.79. The maximum Gasteiger partial charge on any atom is 0.267 e. The summed E-state index contributed by atoms with van der Waals surface area (Å²) in [6, 6.07) is 7.79. The van der Waals surface area contributed by atoms with Crippen LogP contribution in [-0.4, -0.2) is 16.0 Å². The van der Waals surface area contributed by atoms with E-state index in [0.29, 0.717) is 11.3 Å². The van der Waals surface area contributed by atoms with E-state index in [1.807, 2.05) is 0 Å². The SMILES string of the molecule is Cc1cccc2c1C(O)(c1ccc(F)cn1)C(=O)N2. The van der Waals surface area contributed by atoms with Gasteiger partial charge in [0.2, 0.25) is 5.60 Å². The fraction of sp³-hybridized carbons (Fsp3) is 0.143. The first-order chi connectivity index (χ1) is 9.03. The van der Waals surface area contributed by atoms with E-state index in [9.17, 15) is 14.3 Å². The monoisotopic (exact) mass is 258 g/mol. The molecule has 0 spiro atoms. The fourth-order valence-electron chi connectivity index (χ4n) is 2.41. The topological polar surface area (TPSA) is 62.2 Å². The third-order valence-electron chi connectivity index (χ3n) is 3.31. The Morgan fingerprint density at radius 2 is 2.11 bits per heavy atom. The molecule has 0 saturated heterocycles. The lowest BCUT2D eigenvalue weighted by Gasteiger charge is -2.21. The number of aromatic nitrogens is 1. The van der Waals surface area contributed by atoms with Gasteiger partial charge in [-0.3, -0.25) is 9.78 Å². The molecule has 1 unspecified atom stereocenters. The van der Waals surface area contributed by atoms with E-state index in [1.54, 1.807) is 25.1 Å². The van der Waals surface area contributed by atoms with Crippen molar-refractivity contribution in [3.8, 4) is 0 Å². The van der Waals surface area contributed by atoms with Crippen molar-refractivity contribution in [2.75, 3.05) is 5.32 Å². The van der Waals surface area contributed by atoms with Gasteiger partial charge in [0.1, 0.15) is 5.82 Å². The van der Waals surface area contributed by atoms with Crippen molar-refractivity contribution in [2.45, 2.75) is 12.5 Å². The van der Waals surface area contributed by atoms with Gasteiger partial charge in [0.25, 0.3) is 5.91 Å². The molecular formula is C14H11FN2O2. The predicted octanol–water partition coefficient (Wildman–Crippen LogP) is 1.72. The van der Waals surface area contributed by atoms with Crippen molar-refractivity contribution >= 4 is 11.6 Å². The van der Waals surface area contributed by atoms with E-state index in [1.165, 1.54) is 12.1 Å². The Morgan fingerprint density at radius 1 is 1.32 bits per heavy atom. The lowest BCUT2D eigenvalue weighted by Crippen LogP contribution is -2.36. The van der Waals surface area contributed by atoms with E-state index < -0.39 is 17.3 Å². The van der Waals surface area contributed by atoms with Gasteiger partial charge in [0.15, 0.2) is 0 Å². The summed E-state index contributed by atoms with van der Waals surface area (Å²) in [5, 5.41) is 13.4. The molecule has 0 saturated carbocycles. The summed E-state index contributed by atoms with van der Waals surface area (Å²) in [6.45, 7) is 1.80. The minimum Gasteiger partial charge on any atom is -0.370 e. The highest BCUT2D eigenvalue weighted by Crippen LogP contribution is 2.41. The Hall–Kier alpha value is -2.27. The number of rotatable bonds is 1. The average molecular weight is 258 g/mol. The minimum absolute atomic E-state index is 0.111. The van der Waals surface area contributed by atoms with Gasteiger partial charge < -0.3 is 10.4 Å². The van der Waals surface area contributed by atoms with Crippen LogP contribution in [-0.2, 0) is 10.4 Å². The van der Waals surface area contributed by atoms with Gasteiger partial charge in [-0.15, -0.1) is 0 Å². The first kappa shape index (κ1) is 11.8. The molecule has 4 nitrogen and oxygen atoms in total. The number of aliphatic hydroxyl groups is 1. The van der Waals surface area contributed by atoms with E-state index in [2.05, 4.69) is 10.3 Å². The summed E-state index contributed by atoms with van der Waals surface area (Å²) in [5.74, 6) is -1.09. The van der Waals surface area contributed by atoms with Crippen LogP contribution in [0.15, 0.2) is 36.5 Å². The number of hydrogen-bond acceptors (Lipinski definition) is 3. The number of nitrogens with zero attached hydrogens (tertiary/aromatic N) is 1. The molecule has 2 N–H and O–H groups in total. The molecule has 0 bridgehead atoms. The number of aryl methyl sites for hydroxylation is 1. The second-order valence-electron chi connectivity index (χ2n) is 4.52. The van der Waals surface area contributed by atoms with Gasteiger partial charge in [-0.1, -0.05) is 12.1 Å². The van der Waals surface area contributed by atoms with Crippen LogP contribution in [0.3, 0.4) is 0 Å². The lowest BCUT2D eigenvalue weighted by atomic mass is 9.88. The Morgan fingerprint density at radius 3 is 2.79 bits per heavy atom. The normalized spacial score (nSPS) is 21.1. The van der Waals surface area contributed by atoms with Crippen molar-refractivity contribution in [1.29, 1.82) is 0 Å². The number of hydrogen-bond donors (Lipinski definition) is 2. The third kappa shape index (κ3) is 1.55. The summed E-state index contributed by atoms with van der Waals surface area (Å²) < 4.78 is 12.9. The Kier molecular flexibility index (Phi) is 2.40. The highest BCUT2D eigenvalue weighted by Gasteiger charge is 2.48. The van der Waals surface area contributed by atoms with Crippen LogP contribution in [0.5, 0.6) is 0 Å². The number of anilines is 1. The number of pyridine rings is 1. The second kappa shape index (κ2) is 3.86. The van der Waals surface area contributed by atoms with E-state index in [-0.39, 0.29) is 5.69 Å². The Balaban J connectivity index is 2.25. The Labute approximate surface area is 108 Å². The third-order valence-corrected chi connectivity index (χ3v) is 3.31. The maximum atomic E-state index is 12.9. The van der Waals surface area contributed by atoms with E-state index in [0.717, 1.165) is 11.8 Å². The largest absolute Gasteiger partial charge is 0.370 e. The number of halogens is 1. The van der Waals surface area contributed by atoms with Crippen molar-refractivity contribution in [1.82, 2.24) is 4.98 Å². The Bertz CT molecular complexity index is 670. The molecule has 2 aromatic rings. The summed E-state index contributed by atoms with van der Waals surface area (Å²) >= 11 is 0. The van der Waals surface area contributed by atoms with Crippen molar-refractivity contribution in [3.63, 3.8) is 0 Å². The molecule has 2 heterocycles. The van der Waals surface area contributed by atoms with Crippen LogP contribution in [0.25, 0.3) is 0 Å². The molecular weight excluding hydrogens is 247 g/mol. The van der Waals surface area contributed by atoms with Gasteiger partial charge in [0.05, 0.1) is 11.9 Å². The van der Waals surface area contributed by atoms with Gasteiger partial charge in [-0.05, 0) is 30.7 Å². The molecule has 1 atom stereocenters. The number of carbonyl (C=O) groups is 1. The van der Waals surface area contributed by atoms with Gasteiger partial charge in [-0.25, -0.2) is 4.39 Å². The van der Waals surface area contributed by atoms with E-state index in [4.69, 9.17) is 0 Å². The number of carbonyl (C=O) groups excluding carboxylic acids is 1. The summed E-state index contributed by atoms with van der Waals surface area (Å²) in [5.41, 5.74) is 0.0376. The number of fused-ring (bicyclic) bond motifs is 1. The molecule has 0 fully saturated rings. The smallest absolute Gasteiger partial charge is 0.267 e. The van der Waals surface area contributed by atoms with Gasteiger partial charge in [0, 0.05) is 11.3 Å². The second-order valence-corrected chi connectivity index (χ2v) is 4.52. The highest BCUT2D eigenvalue weighted by atomic mass is 19.1. The number of amides is 1. The number of nitrogens with one attached hydrogen (secondary N) is 1. The molecule has 5 heteroatoms. The zero-order chi connectivity index (χ0) is 13.6. The maximum absolute atomic E-state index is 12.9. The van der Waals surface area contributed by atoms with Crippen molar-refractivity contribution in [3.05, 3.63) is 59.2 Å². The molecule has 1 aromatic heterocycles. The first-order valence-corrected chi connectivity index (χ1v) is 5.79. The molecule has 1 aliphatic heterocycles. The molecule has 96 valence electrons. The molecule has 0 radical (unpaired) electrons. The lowest BCUT2D eigenvalue weighted by molar-refractivity contribution is -0.130. The van der Waals surface area contributed by atoms with Crippen LogP contribution < -0.4 is 5.32 Å². The average Bonchev–Trinajstić information content (AvgIpc) is 2.64. The number of benzene rings is 1. The quantitative estimate of drug-likeness (QED) is 0.818. The molecule has 1 aliphatic rings. The zero-order valence-corrected chi connectivity index (χ0v) is 10.1. The molecule has 19 heavy (non-hydrogen) atoms. The van der Waals surface area contributed by atoms with Crippen molar-refractivity contribution < 1.29 is 14.3 Å². The molecule has 3 rings (SSSR count). The van der Waals surface area contributed by atoms with E-state index >= 15 is 0 Å². The van der Waals surface area contributed by atoms with Crippen molar-refractivity contribution in [2.24, 2.45) is 0 Å². The zero-order valence-electron chi connectivity index (χ0n) is 10.1. The molecule has 1 amide bonds. The molecule has 0 aliphatic carbocycles. The highest BCUT2D eigenvalue weighted by molar-refractivity contribution is 6.07. The summed E-state index contributed by atoms with van der Waals surface area (Å²) in [6.07, 6.45) is 0.983. The molecule has 1 aromatic carbocycles. The predicted molar refractivity (Wildman–Crippen MR) is 67.0 cm³/mol.